The summed E-state index contributed by atoms with van der Waals surface area (Å²) >= 11 is 0. The molecule has 2 heteroatoms. The van der Waals surface area contributed by atoms with Crippen LogP contribution < -0.4 is 10.5 Å². The first kappa shape index (κ1) is 15.8. The van der Waals surface area contributed by atoms with Crippen molar-refractivity contribution in [1.29, 1.82) is 0 Å². The van der Waals surface area contributed by atoms with Crippen molar-refractivity contribution in [2.75, 3.05) is 6.54 Å². The molecule has 0 unspecified atom stereocenters. The molecule has 0 heterocycles. The molecule has 1 aromatic carbocycles. The van der Waals surface area contributed by atoms with Crippen molar-refractivity contribution >= 4 is 13.3 Å². The van der Waals surface area contributed by atoms with Crippen LogP contribution in [0, 0.1) is 5.92 Å². The van der Waals surface area contributed by atoms with Crippen LogP contribution in [0.1, 0.15) is 44.1 Å². The first-order chi connectivity index (χ1) is 9.55. The summed E-state index contributed by atoms with van der Waals surface area (Å²) in [6, 6.07) is 9.29. The van der Waals surface area contributed by atoms with E-state index in [-0.39, 0.29) is 0 Å². The molecule has 20 heavy (non-hydrogen) atoms. The Morgan fingerprint density at radius 2 is 1.65 bits per heavy atom. The molecule has 2 rings (SSSR count). The zero-order valence-electron chi connectivity index (χ0n) is 13.5. The van der Waals surface area contributed by atoms with E-state index in [2.05, 4.69) is 49.2 Å². The van der Waals surface area contributed by atoms with Gasteiger partial charge in [-0.1, -0.05) is 81.2 Å². The molecule has 1 fully saturated rings. The summed E-state index contributed by atoms with van der Waals surface area (Å²) in [6.45, 7) is 9.43. The van der Waals surface area contributed by atoms with Gasteiger partial charge in [-0.3, -0.25) is 0 Å². The van der Waals surface area contributed by atoms with Gasteiger partial charge in [-0.25, -0.2) is 0 Å². The Hall–Kier alpha value is -0.603. The first-order valence-corrected chi connectivity index (χ1v) is 11.9. The molecule has 1 saturated carbocycles. The molecule has 1 nitrogen and oxygen atoms in total. The van der Waals surface area contributed by atoms with Crippen LogP contribution >= 0.6 is 0 Å². The Bertz CT molecular complexity index is 385. The lowest BCUT2D eigenvalue weighted by Gasteiger charge is -2.21. The van der Waals surface area contributed by atoms with Gasteiger partial charge in [0, 0.05) is 6.54 Å². The third-order valence-electron chi connectivity index (χ3n) is 4.60. The van der Waals surface area contributed by atoms with Crippen molar-refractivity contribution in [3.8, 4) is 0 Å². The van der Waals surface area contributed by atoms with Gasteiger partial charge in [-0.15, -0.1) is 0 Å². The van der Waals surface area contributed by atoms with Crippen molar-refractivity contribution in [3.05, 3.63) is 29.8 Å². The average molecular weight is 290 g/mol. The second kappa shape index (κ2) is 7.42. The van der Waals surface area contributed by atoms with Crippen LogP contribution in [0.5, 0.6) is 0 Å². The predicted molar refractivity (Wildman–Crippen MR) is 92.3 cm³/mol. The maximum atomic E-state index is 3.62. The number of hydrogen-bond donors (Lipinski definition) is 1. The summed E-state index contributed by atoms with van der Waals surface area (Å²) in [7, 11) is -1.14. The quantitative estimate of drug-likeness (QED) is 0.608. The van der Waals surface area contributed by atoms with Crippen molar-refractivity contribution in [2.24, 2.45) is 5.92 Å². The smallest absolute Gasteiger partial charge is 0.0775 e. The van der Waals surface area contributed by atoms with Crippen LogP contribution in [0.4, 0.5) is 0 Å². The number of hydrogen-bond acceptors (Lipinski definition) is 1. The molecule has 0 aromatic heterocycles. The molecule has 112 valence electrons. The van der Waals surface area contributed by atoms with Crippen molar-refractivity contribution in [1.82, 2.24) is 5.32 Å². The van der Waals surface area contributed by atoms with Gasteiger partial charge in [0.15, 0.2) is 0 Å². The molecule has 0 atom stereocenters. The molecule has 0 saturated heterocycles. The monoisotopic (exact) mass is 289 g/mol. The van der Waals surface area contributed by atoms with Gasteiger partial charge in [0.1, 0.15) is 0 Å². The third kappa shape index (κ3) is 5.06. The van der Waals surface area contributed by atoms with E-state index in [9.17, 15) is 0 Å². The maximum Gasteiger partial charge on any atom is 0.0775 e. The molecule has 0 spiro atoms. The lowest BCUT2D eigenvalue weighted by molar-refractivity contribution is 0.334. The SMILES string of the molecule is C[Si](C)(C)c1ccc(CNCCC2CCCCC2)cc1. The normalized spacial score (nSPS) is 17.4. The van der Waals surface area contributed by atoms with Crippen LogP contribution in [-0.2, 0) is 6.54 Å². The van der Waals surface area contributed by atoms with E-state index in [1.807, 2.05) is 0 Å². The zero-order chi connectivity index (χ0) is 14.4. The molecule has 0 amide bonds. The Kier molecular flexibility index (Phi) is 5.85. The molecule has 1 aliphatic rings. The number of rotatable bonds is 6. The van der Waals surface area contributed by atoms with Crippen molar-refractivity contribution < 1.29 is 0 Å². The largest absolute Gasteiger partial charge is 0.313 e. The van der Waals surface area contributed by atoms with Crippen molar-refractivity contribution in [2.45, 2.75) is 64.7 Å². The molecule has 0 bridgehead atoms. The van der Waals surface area contributed by atoms with E-state index in [0.717, 1.165) is 12.5 Å². The topological polar surface area (TPSA) is 12.0 Å². The molecular weight excluding hydrogens is 258 g/mol. The fourth-order valence-corrected chi connectivity index (χ4v) is 4.30. The fourth-order valence-electron chi connectivity index (χ4n) is 3.14. The van der Waals surface area contributed by atoms with Crippen LogP contribution in [0.25, 0.3) is 0 Å². The summed E-state index contributed by atoms with van der Waals surface area (Å²) in [5.41, 5.74) is 1.43. The van der Waals surface area contributed by atoms with Crippen LogP contribution in [0.15, 0.2) is 24.3 Å². The van der Waals surface area contributed by atoms with Crippen LogP contribution in [0.3, 0.4) is 0 Å². The first-order valence-electron chi connectivity index (χ1n) is 8.36. The Labute approximate surface area is 126 Å². The summed E-state index contributed by atoms with van der Waals surface area (Å²) in [5.74, 6) is 0.991. The Morgan fingerprint density at radius 3 is 2.25 bits per heavy atom. The molecule has 0 radical (unpaired) electrons. The summed E-state index contributed by atoms with van der Waals surface area (Å²) < 4.78 is 0. The van der Waals surface area contributed by atoms with Gasteiger partial charge in [-0.2, -0.15) is 0 Å². The van der Waals surface area contributed by atoms with E-state index >= 15 is 0 Å². The highest BCUT2D eigenvalue weighted by Crippen LogP contribution is 2.25. The van der Waals surface area contributed by atoms with Gasteiger partial charge >= 0.3 is 0 Å². The third-order valence-corrected chi connectivity index (χ3v) is 6.67. The predicted octanol–water partition coefficient (Wildman–Crippen LogP) is 4.29. The molecule has 0 aliphatic heterocycles. The molecular formula is C18H31NSi. The Morgan fingerprint density at radius 1 is 1.00 bits per heavy atom. The minimum atomic E-state index is -1.14. The van der Waals surface area contributed by atoms with E-state index in [1.165, 1.54) is 50.6 Å². The van der Waals surface area contributed by atoms with Crippen molar-refractivity contribution in [3.63, 3.8) is 0 Å². The molecule has 1 N–H and O–H groups in total. The number of benzene rings is 1. The lowest BCUT2D eigenvalue weighted by atomic mass is 9.87. The van der Waals surface area contributed by atoms with Gasteiger partial charge in [0.25, 0.3) is 0 Å². The minimum absolute atomic E-state index is 0.991. The standard InChI is InChI=1S/C18H31NSi/c1-20(2,3)18-11-9-17(10-12-18)15-19-14-13-16-7-5-4-6-8-16/h9-12,16,19H,4-8,13-15H2,1-3H3. The van der Waals surface area contributed by atoms with Crippen LogP contribution in [-0.4, -0.2) is 14.6 Å². The highest BCUT2D eigenvalue weighted by atomic mass is 28.3. The van der Waals surface area contributed by atoms with Crippen LogP contribution in [0.2, 0.25) is 19.6 Å². The van der Waals surface area contributed by atoms with Gasteiger partial charge in [0.2, 0.25) is 0 Å². The Balaban J connectivity index is 1.68. The molecule has 1 aliphatic carbocycles. The second-order valence-corrected chi connectivity index (χ2v) is 12.5. The second-order valence-electron chi connectivity index (χ2n) is 7.42. The van der Waals surface area contributed by atoms with E-state index < -0.39 is 8.07 Å². The summed E-state index contributed by atoms with van der Waals surface area (Å²) in [4.78, 5) is 0. The highest BCUT2D eigenvalue weighted by molar-refractivity contribution is 6.88. The van der Waals surface area contributed by atoms with E-state index in [4.69, 9.17) is 0 Å². The summed E-state index contributed by atoms with van der Waals surface area (Å²) in [5, 5.41) is 5.18. The average Bonchev–Trinajstić information content (AvgIpc) is 2.44. The highest BCUT2D eigenvalue weighted by Gasteiger charge is 2.15. The fraction of sp³-hybridized carbons (Fsp3) is 0.667. The zero-order valence-corrected chi connectivity index (χ0v) is 14.5. The molecule has 1 aromatic rings. The maximum absolute atomic E-state index is 3.62. The van der Waals surface area contributed by atoms with Gasteiger partial charge < -0.3 is 5.32 Å². The van der Waals surface area contributed by atoms with E-state index in [0.29, 0.717) is 0 Å². The summed E-state index contributed by atoms with van der Waals surface area (Å²) in [6.07, 6.45) is 8.69. The minimum Gasteiger partial charge on any atom is -0.313 e. The van der Waals surface area contributed by atoms with E-state index in [1.54, 1.807) is 5.19 Å². The number of nitrogens with one attached hydrogen (secondary N) is 1. The lowest BCUT2D eigenvalue weighted by Crippen LogP contribution is -2.37. The van der Waals surface area contributed by atoms with Gasteiger partial charge in [0.05, 0.1) is 8.07 Å². The van der Waals surface area contributed by atoms with Gasteiger partial charge in [-0.05, 0) is 24.4 Å².